The van der Waals surface area contributed by atoms with Gasteiger partial charge in [-0.3, -0.25) is 9.10 Å². The maximum Gasteiger partial charge on any atom is 0.255 e. The minimum Gasteiger partial charge on any atom is -0.492 e. The number of carbonyl (C=O) groups is 1. The Bertz CT molecular complexity index is 1160. The lowest BCUT2D eigenvalue weighted by atomic mass is 10.1. The highest BCUT2D eigenvalue weighted by Gasteiger charge is 2.19. The molecule has 0 radical (unpaired) electrons. The van der Waals surface area contributed by atoms with E-state index in [1.807, 2.05) is 13.0 Å². The minimum atomic E-state index is -3.57. The monoisotopic (exact) mass is 458 g/mol. The van der Waals surface area contributed by atoms with Gasteiger partial charge in [-0.2, -0.15) is 0 Å². The third-order valence-electron chi connectivity index (χ3n) is 4.52. The second-order valence-electron chi connectivity index (χ2n) is 6.79. The number of anilines is 2. The summed E-state index contributed by atoms with van der Waals surface area (Å²) in [5.41, 5.74) is 2.08. The number of hydrogen-bond donors (Lipinski definition) is 1. The Hall–Kier alpha value is -3.03. The lowest BCUT2D eigenvalue weighted by molar-refractivity contribution is 0.102. The van der Waals surface area contributed by atoms with E-state index in [0.29, 0.717) is 39.9 Å². The Morgan fingerprint density at radius 2 is 1.65 bits per heavy atom. The molecule has 0 aliphatic carbocycles. The van der Waals surface area contributed by atoms with Gasteiger partial charge in [-0.15, -0.1) is 0 Å². The van der Waals surface area contributed by atoms with Gasteiger partial charge in [-0.25, -0.2) is 8.42 Å². The number of benzene rings is 3. The molecule has 0 heterocycles. The molecule has 0 aliphatic heterocycles. The van der Waals surface area contributed by atoms with Crippen LogP contribution in [0.4, 0.5) is 11.4 Å². The van der Waals surface area contributed by atoms with Gasteiger partial charge in [-0.1, -0.05) is 41.9 Å². The standard InChI is InChI=1S/C23H23ClN2O4S/c1-3-30-22-11-7-6-10-21(22)25-23(27)17-12-14-19(15-13-17)26(31(2,28)29)16-18-8-4-5-9-20(18)24/h4-15H,3,16H2,1-2H3,(H,25,27). The van der Waals surface area contributed by atoms with Gasteiger partial charge < -0.3 is 10.1 Å². The molecule has 6 nitrogen and oxygen atoms in total. The van der Waals surface area contributed by atoms with Crippen molar-refractivity contribution in [1.29, 1.82) is 0 Å². The van der Waals surface area contributed by atoms with Gasteiger partial charge in [0.25, 0.3) is 5.91 Å². The highest BCUT2D eigenvalue weighted by atomic mass is 35.5. The molecule has 0 spiro atoms. The molecule has 0 aliphatic rings. The highest BCUT2D eigenvalue weighted by Crippen LogP contribution is 2.26. The first kappa shape index (κ1) is 22.7. The first-order chi connectivity index (χ1) is 14.8. The fraction of sp³-hybridized carbons (Fsp3) is 0.174. The summed E-state index contributed by atoms with van der Waals surface area (Å²) in [5, 5.41) is 3.31. The number of rotatable bonds is 8. The van der Waals surface area contributed by atoms with Gasteiger partial charge in [-0.05, 0) is 55.0 Å². The Labute approximate surface area is 187 Å². The van der Waals surface area contributed by atoms with Gasteiger partial charge in [0.2, 0.25) is 10.0 Å². The Morgan fingerprint density at radius 1 is 1.00 bits per heavy atom. The summed E-state index contributed by atoms with van der Waals surface area (Å²) in [6.45, 7) is 2.44. The van der Waals surface area contributed by atoms with Crippen LogP contribution < -0.4 is 14.4 Å². The van der Waals surface area contributed by atoms with E-state index in [0.717, 1.165) is 6.26 Å². The van der Waals surface area contributed by atoms with Crippen molar-refractivity contribution in [3.8, 4) is 5.75 Å². The van der Waals surface area contributed by atoms with Crippen LogP contribution in [0.2, 0.25) is 5.02 Å². The zero-order chi connectivity index (χ0) is 22.4. The molecule has 0 saturated carbocycles. The van der Waals surface area contributed by atoms with Crippen molar-refractivity contribution in [3.05, 3.63) is 88.9 Å². The van der Waals surface area contributed by atoms with E-state index >= 15 is 0 Å². The zero-order valence-corrected chi connectivity index (χ0v) is 18.8. The fourth-order valence-corrected chi connectivity index (χ4v) is 4.08. The average molecular weight is 459 g/mol. The topological polar surface area (TPSA) is 75.7 Å². The van der Waals surface area contributed by atoms with Gasteiger partial charge >= 0.3 is 0 Å². The number of halogens is 1. The van der Waals surface area contributed by atoms with Crippen LogP contribution in [-0.4, -0.2) is 27.2 Å². The number of para-hydroxylation sites is 2. The van der Waals surface area contributed by atoms with Crippen molar-refractivity contribution in [3.63, 3.8) is 0 Å². The summed E-state index contributed by atoms with van der Waals surface area (Å²) in [7, 11) is -3.57. The van der Waals surface area contributed by atoms with E-state index < -0.39 is 10.0 Å². The summed E-state index contributed by atoms with van der Waals surface area (Å²) < 4.78 is 31.6. The van der Waals surface area contributed by atoms with Crippen molar-refractivity contribution in [2.45, 2.75) is 13.5 Å². The van der Waals surface area contributed by atoms with Crippen LogP contribution in [0, 0.1) is 0 Å². The molecule has 1 amide bonds. The molecule has 0 fully saturated rings. The maximum absolute atomic E-state index is 12.7. The number of carbonyl (C=O) groups excluding carboxylic acids is 1. The van der Waals surface area contributed by atoms with Gasteiger partial charge in [0.05, 0.1) is 30.8 Å². The van der Waals surface area contributed by atoms with Crippen LogP contribution >= 0.6 is 11.6 Å². The average Bonchev–Trinajstić information content (AvgIpc) is 2.74. The molecule has 3 rings (SSSR count). The van der Waals surface area contributed by atoms with E-state index in [2.05, 4.69) is 5.32 Å². The van der Waals surface area contributed by atoms with E-state index in [9.17, 15) is 13.2 Å². The highest BCUT2D eigenvalue weighted by molar-refractivity contribution is 7.92. The van der Waals surface area contributed by atoms with E-state index in [1.165, 1.54) is 4.31 Å². The normalized spacial score (nSPS) is 11.1. The Morgan fingerprint density at radius 3 is 2.29 bits per heavy atom. The predicted octanol–water partition coefficient (Wildman–Crippen LogP) is 4.96. The first-order valence-electron chi connectivity index (χ1n) is 9.64. The van der Waals surface area contributed by atoms with Crippen molar-refractivity contribution in [2.24, 2.45) is 0 Å². The molecule has 1 N–H and O–H groups in total. The maximum atomic E-state index is 12.7. The van der Waals surface area contributed by atoms with Crippen LogP contribution in [0.1, 0.15) is 22.8 Å². The molecule has 0 saturated heterocycles. The Balaban J connectivity index is 1.82. The van der Waals surface area contributed by atoms with Crippen LogP contribution in [0.5, 0.6) is 5.75 Å². The number of nitrogens with zero attached hydrogens (tertiary/aromatic N) is 1. The largest absolute Gasteiger partial charge is 0.492 e. The van der Waals surface area contributed by atoms with Gasteiger partial charge in [0, 0.05) is 10.6 Å². The summed E-state index contributed by atoms with van der Waals surface area (Å²) >= 11 is 6.20. The van der Waals surface area contributed by atoms with Crippen molar-refractivity contribution >= 4 is 38.9 Å². The number of sulfonamides is 1. The van der Waals surface area contributed by atoms with Crippen LogP contribution in [0.25, 0.3) is 0 Å². The molecule has 3 aromatic rings. The SMILES string of the molecule is CCOc1ccccc1NC(=O)c1ccc(N(Cc2ccccc2Cl)S(C)(=O)=O)cc1. The zero-order valence-electron chi connectivity index (χ0n) is 17.2. The molecular formula is C23H23ClN2O4S. The lowest BCUT2D eigenvalue weighted by Gasteiger charge is -2.23. The predicted molar refractivity (Wildman–Crippen MR) is 124 cm³/mol. The minimum absolute atomic E-state index is 0.0891. The lowest BCUT2D eigenvalue weighted by Crippen LogP contribution is -2.29. The molecule has 31 heavy (non-hydrogen) atoms. The van der Waals surface area contributed by atoms with E-state index in [-0.39, 0.29) is 12.5 Å². The van der Waals surface area contributed by atoms with E-state index in [4.69, 9.17) is 16.3 Å². The number of amides is 1. The molecule has 8 heteroatoms. The fourth-order valence-electron chi connectivity index (χ4n) is 3.01. The third-order valence-corrected chi connectivity index (χ3v) is 6.03. The van der Waals surface area contributed by atoms with Gasteiger partial charge in [0.15, 0.2) is 0 Å². The van der Waals surface area contributed by atoms with Crippen molar-refractivity contribution < 1.29 is 17.9 Å². The van der Waals surface area contributed by atoms with Crippen LogP contribution in [0.15, 0.2) is 72.8 Å². The first-order valence-corrected chi connectivity index (χ1v) is 11.9. The van der Waals surface area contributed by atoms with E-state index in [1.54, 1.807) is 66.7 Å². The number of ether oxygens (including phenoxy) is 1. The van der Waals surface area contributed by atoms with Crippen LogP contribution in [0.3, 0.4) is 0 Å². The molecule has 0 bridgehead atoms. The summed E-state index contributed by atoms with van der Waals surface area (Å²) in [6, 6.07) is 20.6. The number of hydrogen-bond acceptors (Lipinski definition) is 4. The van der Waals surface area contributed by atoms with Crippen LogP contribution in [-0.2, 0) is 16.6 Å². The second-order valence-corrected chi connectivity index (χ2v) is 9.11. The smallest absolute Gasteiger partial charge is 0.255 e. The summed E-state index contributed by atoms with van der Waals surface area (Å²) in [4.78, 5) is 12.7. The van der Waals surface area contributed by atoms with Gasteiger partial charge in [0.1, 0.15) is 5.75 Å². The Kier molecular flexibility index (Phi) is 7.20. The summed E-state index contributed by atoms with van der Waals surface area (Å²) in [5.74, 6) is 0.258. The molecule has 162 valence electrons. The molecule has 0 atom stereocenters. The number of nitrogens with one attached hydrogen (secondary N) is 1. The third kappa shape index (κ3) is 5.77. The quantitative estimate of drug-likeness (QED) is 0.517. The second kappa shape index (κ2) is 9.85. The van der Waals surface area contributed by atoms with Crippen molar-refractivity contribution in [1.82, 2.24) is 0 Å². The molecular weight excluding hydrogens is 436 g/mol. The summed E-state index contributed by atoms with van der Waals surface area (Å²) in [6.07, 6.45) is 1.13. The molecule has 3 aromatic carbocycles. The molecule has 0 aromatic heterocycles. The van der Waals surface area contributed by atoms with Crippen molar-refractivity contribution in [2.75, 3.05) is 22.5 Å². The molecule has 0 unspecified atom stereocenters.